The summed E-state index contributed by atoms with van der Waals surface area (Å²) in [6, 6.07) is 27.8. The molecule has 0 fully saturated rings. The van der Waals surface area contributed by atoms with Gasteiger partial charge in [0.25, 0.3) is 0 Å². The van der Waals surface area contributed by atoms with Crippen molar-refractivity contribution in [3.63, 3.8) is 0 Å². The largest absolute Gasteiger partial charge is 0.494 e. The Bertz CT molecular complexity index is 994. The average Bonchev–Trinajstić information content (AvgIpc) is 2.89. The van der Waals surface area contributed by atoms with E-state index in [1.807, 2.05) is 0 Å². The summed E-state index contributed by atoms with van der Waals surface area (Å²) >= 11 is 0. The summed E-state index contributed by atoms with van der Waals surface area (Å²) in [5.41, 5.74) is 6.21. The normalized spacial score (nSPS) is 11.1. The first-order chi connectivity index (χ1) is 17.5. The quantitative estimate of drug-likeness (QED) is 0.187. The predicted molar refractivity (Wildman–Crippen MR) is 153 cm³/mol. The second kappa shape index (κ2) is 14.5. The van der Waals surface area contributed by atoms with E-state index in [9.17, 15) is 0 Å². The summed E-state index contributed by atoms with van der Waals surface area (Å²) in [5.74, 6) is 1.83. The molecule has 0 aliphatic heterocycles. The van der Waals surface area contributed by atoms with E-state index in [1.165, 1.54) is 27.8 Å². The van der Waals surface area contributed by atoms with E-state index in [2.05, 4.69) is 124 Å². The molecule has 0 aliphatic carbocycles. The Morgan fingerprint density at radius 3 is 1.42 bits per heavy atom. The van der Waals surface area contributed by atoms with Crippen molar-refractivity contribution in [2.24, 2.45) is 0 Å². The molecule has 3 aromatic carbocycles. The lowest BCUT2D eigenvalue weighted by Gasteiger charge is -2.17. The van der Waals surface area contributed by atoms with Gasteiger partial charge in [0, 0.05) is 13.1 Å². The second-order valence-corrected chi connectivity index (χ2v) is 9.63. The summed E-state index contributed by atoms with van der Waals surface area (Å²) in [7, 11) is 8.35. The number of allylic oxidation sites excluding steroid dienone is 1. The molecule has 36 heavy (non-hydrogen) atoms. The van der Waals surface area contributed by atoms with Crippen LogP contribution in [0.4, 0.5) is 0 Å². The van der Waals surface area contributed by atoms with Crippen LogP contribution in [-0.2, 0) is 0 Å². The highest BCUT2D eigenvalue weighted by Crippen LogP contribution is 2.35. The van der Waals surface area contributed by atoms with Crippen molar-refractivity contribution in [3.8, 4) is 11.5 Å². The van der Waals surface area contributed by atoms with Gasteiger partial charge < -0.3 is 19.3 Å². The Morgan fingerprint density at radius 1 is 0.583 bits per heavy atom. The molecule has 0 heterocycles. The zero-order valence-corrected chi connectivity index (χ0v) is 22.7. The van der Waals surface area contributed by atoms with E-state index in [1.54, 1.807) is 0 Å². The molecule has 0 amide bonds. The molecule has 0 radical (unpaired) electrons. The van der Waals surface area contributed by atoms with Crippen LogP contribution in [0.25, 0.3) is 11.1 Å². The maximum atomic E-state index is 5.98. The van der Waals surface area contributed by atoms with Crippen LogP contribution >= 0.6 is 0 Å². The van der Waals surface area contributed by atoms with Gasteiger partial charge in [0.15, 0.2) is 0 Å². The highest BCUT2D eigenvalue weighted by atomic mass is 16.5. The molecule has 4 heteroatoms. The van der Waals surface area contributed by atoms with Crippen molar-refractivity contribution in [1.29, 1.82) is 0 Å². The molecule has 3 aromatic rings. The molecule has 4 nitrogen and oxygen atoms in total. The molecule has 0 bridgehead atoms. The smallest absolute Gasteiger partial charge is 0.119 e. The second-order valence-electron chi connectivity index (χ2n) is 9.63. The Balaban J connectivity index is 1.86. The zero-order valence-electron chi connectivity index (χ0n) is 22.7. The van der Waals surface area contributed by atoms with Gasteiger partial charge in [-0.3, -0.25) is 0 Å². The monoisotopic (exact) mass is 486 g/mol. The van der Waals surface area contributed by atoms with Gasteiger partial charge in [-0.15, -0.1) is 0 Å². The molecule has 0 saturated carbocycles. The average molecular weight is 487 g/mol. The van der Waals surface area contributed by atoms with Crippen molar-refractivity contribution in [3.05, 3.63) is 95.6 Å². The standard InChI is InChI=1S/C32H42N2O2/c1-6-31(26-12-8-7-9-13-26)32(27-14-18-29(19-15-27)35-24-10-22-33(2)3)28-16-20-30(21-17-28)36-25-11-23-34(4)5/h7-9,12-21H,6,10-11,22-25H2,1-5H3. The summed E-state index contributed by atoms with van der Waals surface area (Å²) in [5, 5.41) is 0. The van der Waals surface area contributed by atoms with E-state index >= 15 is 0 Å². The SMILES string of the molecule is CCC(=C(c1ccc(OCCCN(C)C)cc1)c1ccc(OCCCN(C)C)cc1)c1ccccc1. The molecule has 0 N–H and O–H groups in total. The number of nitrogens with zero attached hydrogens (tertiary/aromatic N) is 2. The number of benzene rings is 3. The summed E-state index contributed by atoms with van der Waals surface area (Å²) in [6.45, 7) is 5.72. The lowest BCUT2D eigenvalue weighted by Crippen LogP contribution is -2.15. The molecular formula is C32H42N2O2. The Morgan fingerprint density at radius 2 is 1.03 bits per heavy atom. The van der Waals surface area contributed by atoms with Crippen LogP contribution in [-0.4, -0.2) is 64.3 Å². The first-order valence-corrected chi connectivity index (χ1v) is 13.0. The minimum atomic E-state index is 0.723. The molecule has 0 spiro atoms. The van der Waals surface area contributed by atoms with Crippen LogP contribution < -0.4 is 9.47 Å². The van der Waals surface area contributed by atoms with Gasteiger partial charge in [0.1, 0.15) is 11.5 Å². The molecule has 0 saturated heterocycles. The van der Waals surface area contributed by atoms with Crippen molar-refractivity contribution in [2.75, 3.05) is 54.5 Å². The topological polar surface area (TPSA) is 24.9 Å². The third-order valence-corrected chi connectivity index (χ3v) is 6.10. The molecule has 0 aliphatic rings. The van der Waals surface area contributed by atoms with Gasteiger partial charge in [-0.2, -0.15) is 0 Å². The molecule has 0 aromatic heterocycles. The van der Waals surface area contributed by atoms with Crippen LogP contribution in [0.15, 0.2) is 78.9 Å². The first kappa shape index (κ1) is 27.5. The lowest BCUT2D eigenvalue weighted by molar-refractivity contribution is 0.281. The van der Waals surface area contributed by atoms with Gasteiger partial charge in [0.2, 0.25) is 0 Å². The zero-order chi connectivity index (χ0) is 25.8. The van der Waals surface area contributed by atoms with E-state index in [-0.39, 0.29) is 0 Å². The Kier molecular flexibility index (Phi) is 11.1. The van der Waals surface area contributed by atoms with Crippen molar-refractivity contribution >= 4 is 11.1 Å². The van der Waals surface area contributed by atoms with Crippen LogP contribution in [0.3, 0.4) is 0 Å². The Labute approximate surface area is 218 Å². The lowest BCUT2D eigenvalue weighted by atomic mass is 9.88. The number of hydrogen-bond donors (Lipinski definition) is 0. The highest BCUT2D eigenvalue weighted by molar-refractivity contribution is 5.98. The van der Waals surface area contributed by atoms with Gasteiger partial charge in [-0.25, -0.2) is 0 Å². The number of ether oxygens (including phenoxy) is 2. The molecule has 0 unspecified atom stereocenters. The fourth-order valence-corrected chi connectivity index (χ4v) is 4.26. The van der Waals surface area contributed by atoms with E-state index in [4.69, 9.17) is 9.47 Å². The van der Waals surface area contributed by atoms with Gasteiger partial charge >= 0.3 is 0 Å². The molecule has 192 valence electrons. The summed E-state index contributed by atoms with van der Waals surface area (Å²) in [4.78, 5) is 4.36. The molecule has 0 atom stereocenters. The first-order valence-electron chi connectivity index (χ1n) is 13.0. The van der Waals surface area contributed by atoms with Gasteiger partial charge in [0.05, 0.1) is 13.2 Å². The van der Waals surface area contributed by atoms with Crippen LogP contribution in [0, 0.1) is 0 Å². The molecular weight excluding hydrogens is 444 g/mol. The fourth-order valence-electron chi connectivity index (χ4n) is 4.26. The minimum absolute atomic E-state index is 0.723. The maximum absolute atomic E-state index is 5.98. The fraction of sp³-hybridized carbons (Fsp3) is 0.375. The van der Waals surface area contributed by atoms with Crippen molar-refractivity contribution < 1.29 is 9.47 Å². The van der Waals surface area contributed by atoms with Crippen LogP contribution in [0.1, 0.15) is 42.9 Å². The predicted octanol–water partition coefficient (Wildman–Crippen LogP) is 6.72. The van der Waals surface area contributed by atoms with Crippen molar-refractivity contribution in [2.45, 2.75) is 26.2 Å². The minimum Gasteiger partial charge on any atom is -0.494 e. The number of hydrogen-bond acceptors (Lipinski definition) is 4. The summed E-state index contributed by atoms with van der Waals surface area (Å²) < 4.78 is 12.0. The van der Waals surface area contributed by atoms with Gasteiger partial charge in [-0.05, 0) is 99.6 Å². The van der Waals surface area contributed by atoms with Gasteiger partial charge in [-0.1, -0.05) is 61.5 Å². The van der Waals surface area contributed by atoms with Crippen LogP contribution in [0.5, 0.6) is 11.5 Å². The van der Waals surface area contributed by atoms with E-state index < -0.39 is 0 Å². The van der Waals surface area contributed by atoms with Crippen molar-refractivity contribution in [1.82, 2.24) is 9.80 Å². The molecule has 3 rings (SSSR count). The van der Waals surface area contributed by atoms with E-state index in [0.717, 1.165) is 57.1 Å². The van der Waals surface area contributed by atoms with E-state index in [0.29, 0.717) is 0 Å². The highest BCUT2D eigenvalue weighted by Gasteiger charge is 2.13. The third kappa shape index (κ3) is 8.54. The van der Waals surface area contributed by atoms with Crippen LogP contribution in [0.2, 0.25) is 0 Å². The number of rotatable bonds is 14. The third-order valence-electron chi connectivity index (χ3n) is 6.10. The Hall–Kier alpha value is -3.08. The summed E-state index contributed by atoms with van der Waals surface area (Å²) in [6.07, 6.45) is 2.96. The maximum Gasteiger partial charge on any atom is 0.119 e.